The number of nitrogens with zero attached hydrogens (tertiary/aromatic N) is 1. The van der Waals surface area contributed by atoms with Gasteiger partial charge in [0.15, 0.2) is 5.96 Å². The highest BCUT2D eigenvalue weighted by Gasteiger charge is 1.99. The Kier molecular flexibility index (Phi) is 10.4. The summed E-state index contributed by atoms with van der Waals surface area (Å²) in [6, 6.07) is 4.26. The van der Waals surface area contributed by atoms with Gasteiger partial charge in [0.1, 0.15) is 0 Å². The fraction of sp³-hybridized carbons (Fsp3) is 0.615. The van der Waals surface area contributed by atoms with Crippen LogP contribution in [-0.2, 0) is 6.42 Å². The van der Waals surface area contributed by atoms with E-state index in [4.69, 9.17) is 0 Å². The average Bonchev–Trinajstić information content (AvgIpc) is 2.79. The number of rotatable bonds is 6. The van der Waals surface area contributed by atoms with Gasteiger partial charge in [-0.3, -0.25) is 4.99 Å². The molecule has 0 aliphatic rings. The molecule has 104 valence electrons. The van der Waals surface area contributed by atoms with Crippen LogP contribution in [0.1, 0.15) is 25.1 Å². The molecule has 0 bridgehead atoms. The summed E-state index contributed by atoms with van der Waals surface area (Å²) in [5.41, 5.74) is 0. The summed E-state index contributed by atoms with van der Waals surface area (Å²) < 4.78 is 0. The van der Waals surface area contributed by atoms with Crippen LogP contribution in [0, 0.1) is 5.92 Å². The van der Waals surface area contributed by atoms with E-state index in [1.165, 1.54) is 11.3 Å². The van der Waals surface area contributed by atoms with Crippen molar-refractivity contribution in [3.05, 3.63) is 22.4 Å². The molecule has 0 spiro atoms. The highest BCUT2D eigenvalue weighted by Crippen LogP contribution is 2.07. The van der Waals surface area contributed by atoms with Crippen molar-refractivity contribution in [2.45, 2.75) is 26.7 Å². The Hall–Kier alpha value is -0.300. The zero-order valence-electron chi connectivity index (χ0n) is 11.4. The maximum absolute atomic E-state index is 4.20. The zero-order chi connectivity index (χ0) is 12.5. The second kappa shape index (κ2) is 10.6. The maximum atomic E-state index is 4.20. The predicted molar refractivity (Wildman–Crippen MR) is 92.3 cm³/mol. The lowest BCUT2D eigenvalue weighted by molar-refractivity contribution is 0.574. The van der Waals surface area contributed by atoms with Crippen LogP contribution in [0.15, 0.2) is 22.5 Å². The molecule has 0 saturated heterocycles. The number of guanidine groups is 1. The van der Waals surface area contributed by atoms with Gasteiger partial charge in [-0.1, -0.05) is 19.9 Å². The zero-order valence-corrected chi connectivity index (χ0v) is 14.5. The number of thiophene rings is 1. The van der Waals surface area contributed by atoms with E-state index in [1.54, 1.807) is 11.3 Å². The molecule has 18 heavy (non-hydrogen) atoms. The van der Waals surface area contributed by atoms with Crippen molar-refractivity contribution >= 4 is 41.3 Å². The van der Waals surface area contributed by atoms with Crippen molar-refractivity contribution in [3.63, 3.8) is 0 Å². The van der Waals surface area contributed by atoms with E-state index in [1.807, 2.05) is 7.05 Å². The van der Waals surface area contributed by atoms with Crippen LogP contribution in [-0.4, -0.2) is 26.1 Å². The Morgan fingerprint density at radius 3 is 2.61 bits per heavy atom. The second-order valence-electron chi connectivity index (χ2n) is 4.44. The van der Waals surface area contributed by atoms with E-state index in [0.29, 0.717) is 0 Å². The lowest BCUT2D eigenvalue weighted by atomic mass is 10.1. The first-order valence-corrected chi connectivity index (χ1v) is 7.07. The van der Waals surface area contributed by atoms with E-state index in [-0.39, 0.29) is 24.0 Å². The summed E-state index contributed by atoms with van der Waals surface area (Å²) in [5, 5.41) is 8.77. The smallest absolute Gasteiger partial charge is 0.190 e. The molecule has 1 aromatic heterocycles. The van der Waals surface area contributed by atoms with Gasteiger partial charge in [-0.05, 0) is 30.2 Å². The fourth-order valence-corrected chi connectivity index (χ4v) is 2.17. The number of hydrogen-bond acceptors (Lipinski definition) is 2. The van der Waals surface area contributed by atoms with Gasteiger partial charge >= 0.3 is 0 Å². The van der Waals surface area contributed by atoms with Crippen LogP contribution in [0.3, 0.4) is 0 Å². The van der Waals surface area contributed by atoms with Gasteiger partial charge in [-0.25, -0.2) is 0 Å². The number of nitrogens with one attached hydrogen (secondary N) is 2. The quantitative estimate of drug-likeness (QED) is 0.451. The Morgan fingerprint density at radius 1 is 1.33 bits per heavy atom. The van der Waals surface area contributed by atoms with Crippen molar-refractivity contribution in [3.8, 4) is 0 Å². The van der Waals surface area contributed by atoms with Gasteiger partial charge in [0, 0.05) is 25.0 Å². The van der Waals surface area contributed by atoms with Crippen molar-refractivity contribution in [2.75, 3.05) is 20.1 Å². The molecule has 0 radical (unpaired) electrons. The first kappa shape index (κ1) is 17.7. The number of aliphatic imine (C=N–C) groups is 1. The lowest BCUT2D eigenvalue weighted by Crippen LogP contribution is -2.38. The van der Waals surface area contributed by atoms with E-state index in [0.717, 1.165) is 31.4 Å². The molecule has 5 heteroatoms. The molecule has 1 rings (SSSR count). The molecule has 0 aliphatic carbocycles. The Morgan fingerprint density at radius 2 is 2.06 bits per heavy atom. The summed E-state index contributed by atoms with van der Waals surface area (Å²) in [4.78, 5) is 5.61. The third kappa shape index (κ3) is 7.92. The summed E-state index contributed by atoms with van der Waals surface area (Å²) in [6.07, 6.45) is 2.23. The molecular weight excluding hydrogens is 357 g/mol. The summed E-state index contributed by atoms with van der Waals surface area (Å²) >= 11 is 1.80. The van der Waals surface area contributed by atoms with Crippen molar-refractivity contribution in [1.82, 2.24) is 10.6 Å². The van der Waals surface area contributed by atoms with Crippen molar-refractivity contribution in [2.24, 2.45) is 10.9 Å². The van der Waals surface area contributed by atoms with Crippen molar-refractivity contribution < 1.29 is 0 Å². The van der Waals surface area contributed by atoms with Gasteiger partial charge in [0.05, 0.1) is 0 Å². The average molecular weight is 381 g/mol. The third-order valence-corrected chi connectivity index (χ3v) is 3.42. The van der Waals surface area contributed by atoms with Crippen LogP contribution in [0.25, 0.3) is 0 Å². The fourth-order valence-electron chi connectivity index (χ4n) is 1.46. The molecule has 0 amide bonds. The van der Waals surface area contributed by atoms with Crippen LogP contribution in [0.5, 0.6) is 0 Å². The summed E-state index contributed by atoms with van der Waals surface area (Å²) in [7, 11) is 1.82. The first-order chi connectivity index (χ1) is 8.22. The highest BCUT2D eigenvalue weighted by molar-refractivity contribution is 14.0. The van der Waals surface area contributed by atoms with Crippen LogP contribution in [0.2, 0.25) is 0 Å². The topological polar surface area (TPSA) is 36.4 Å². The maximum Gasteiger partial charge on any atom is 0.190 e. The summed E-state index contributed by atoms with van der Waals surface area (Å²) in [5.74, 6) is 1.63. The largest absolute Gasteiger partial charge is 0.356 e. The highest BCUT2D eigenvalue weighted by atomic mass is 127. The SMILES string of the molecule is CN=C(NCCc1cccs1)NCCC(C)C.I. The van der Waals surface area contributed by atoms with E-state index >= 15 is 0 Å². The lowest BCUT2D eigenvalue weighted by Gasteiger charge is -2.12. The minimum atomic E-state index is 0. The molecule has 0 saturated carbocycles. The van der Waals surface area contributed by atoms with E-state index < -0.39 is 0 Å². The normalized spacial score (nSPS) is 11.2. The standard InChI is InChI=1S/C13H23N3S.HI/c1-11(2)6-8-15-13(14-3)16-9-7-12-5-4-10-17-12;/h4-5,10-11H,6-9H2,1-3H3,(H2,14,15,16);1H. The molecule has 1 heterocycles. The molecule has 1 aromatic rings. The molecule has 3 nitrogen and oxygen atoms in total. The molecule has 0 atom stereocenters. The van der Waals surface area contributed by atoms with Gasteiger partial charge < -0.3 is 10.6 Å². The molecular formula is C13H24IN3S. The molecule has 0 aromatic carbocycles. The Bertz CT molecular complexity index is 323. The Labute approximate surface area is 131 Å². The minimum absolute atomic E-state index is 0. The van der Waals surface area contributed by atoms with Crippen LogP contribution in [0.4, 0.5) is 0 Å². The van der Waals surface area contributed by atoms with Gasteiger partial charge in [0.25, 0.3) is 0 Å². The van der Waals surface area contributed by atoms with E-state index in [2.05, 4.69) is 47.0 Å². The number of halogens is 1. The predicted octanol–water partition coefficient (Wildman–Crippen LogP) is 3.12. The molecule has 0 fully saturated rings. The van der Waals surface area contributed by atoms with Gasteiger partial charge in [-0.15, -0.1) is 35.3 Å². The summed E-state index contributed by atoms with van der Waals surface area (Å²) in [6.45, 7) is 6.38. The molecule has 2 N–H and O–H groups in total. The molecule has 0 aliphatic heterocycles. The van der Waals surface area contributed by atoms with Crippen LogP contribution < -0.4 is 10.6 Å². The third-order valence-electron chi connectivity index (χ3n) is 2.48. The monoisotopic (exact) mass is 381 g/mol. The molecule has 0 unspecified atom stereocenters. The number of hydrogen-bond donors (Lipinski definition) is 2. The van der Waals surface area contributed by atoms with Gasteiger partial charge in [0.2, 0.25) is 0 Å². The van der Waals surface area contributed by atoms with Crippen molar-refractivity contribution in [1.29, 1.82) is 0 Å². The first-order valence-electron chi connectivity index (χ1n) is 6.19. The minimum Gasteiger partial charge on any atom is -0.356 e. The second-order valence-corrected chi connectivity index (χ2v) is 5.47. The van der Waals surface area contributed by atoms with E-state index in [9.17, 15) is 0 Å². The Balaban J connectivity index is 0.00000289. The van der Waals surface area contributed by atoms with Gasteiger partial charge in [-0.2, -0.15) is 0 Å². The van der Waals surface area contributed by atoms with Crippen LogP contribution >= 0.6 is 35.3 Å².